The zero-order valence-corrected chi connectivity index (χ0v) is 17.4. The third-order valence-corrected chi connectivity index (χ3v) is 6.30. The van der Waals surface area contributed by atoms with Crippen molar-refractivity contribution < 1.29 is 22.3 Å². The first-order valence-corrected chi connectivity index (χ1v) is 10.6. The van der Waals surface area contributed by atoms with Crippen LogP contribution in [0.5, 0.6) is 5.75 Å². The molecule has 0 aliphatic carbocycles. The Labute approximate surface area is 169 Å². The monoisotopic (exact) mass is 428 g/mol. The Morgan fingerprint density at radius 1 is 1.14 bits per heavy atom. The Morgan fingerprint density at radius 3 is 2.43 bits per heavy atom. The molecular formula is C19H22ClFN2O4S. The largest absolute Gasteiger partial charge is 0.492 e. The van der Waals surface area contributed by atoms with E-state index in [0.29, 0.717) is 19.7 Å². The van der Waals surface area contributed by atoms with Crippen LogP contribution in [0.15, 0.2) is 41.3 Å². The van der Waals surface area contributed by atoms with Crippen LogP contribution in [0.4, 0.5) is 10.1 Å². The number of benzene rings is 2. The molecule has 0 aliphatic rings. The molecule has 9 heteroatoms. The molecule has 0 atom stereocenters. The minimum absolute atomic E-state index is 0.00141. The molecule has 2 rings (SSSR count). The van der Waals surface area contributed by atoms with Gasteiger partial charge in [-0.15, -0.1) is 0 Å². The predicted octanol–water partition coefficient (Wildman–Crippen LogP) is 4.16. The van der Waals surface area contributed by atoms with E-state index in [9.17, 15) is 17.6 Å². The van der Waals surface area contributed by atoms with Crippen molar-refractivity contribution in [3.05, 3.63) is 52.8 Å². The number of ether oxygens (including phenoxy) is 1. The number of hydrogen-bond acceptors (Lipinski definition) is 4. The van der Waals surface area contributed by atoms with Crippen molar-refractivity contribution in [2.45, 2.75) is 25.7 Å². The van der Waals surface area contributed by atoms with E-state index in [2.05, 4.69) is 5.32 Å². The lowest BCUT2D eigenvalue weighted by atomic mass is 10.2. The lowest BCUT2D eigenvalue weighted by Crippen LogP contribution is -2.30. The van der Waals surface area contributed by atoms with Crippen LogP contribution in [0, 0.1) is 5.82 Å². The summed E-state index contributed by atoms with van der Waals surface area (Å²) in [6.45, 7) is 6.14. The number of nitrogens with zero attached hydrogens (tertiary/aromatic N) is 1. The summed E-state index contributed by atoms with van der Waals surface area (Å²) in [5, 5.41) is 2.72. The maximum absolute atomic E-state index is 14.0. The van der Waals surface area contributed by atoms with E-state index in [1.54, 1.807) is 20.8 Å². The number of halogens is 2. The summed E-state index contributed by atoms with van der Waals surface area (Å²) in [6, 6.07) is 7.79. The van der Waals surface area contributed by atoms with Crippen LogP contribution < -0.4 is 10.1 Å². The van der Waals surface area contributed by atoms with Crippen LogP contribution in [0.2, 0.25) is 5.02 Å². The lowest BCUT2D eigenvalue weighted by molar-refractivity contribution is 0.102. The zero-order valence-electron chi connectivity index (χ0n) is 15.8. The number of anilines is 1. The molecule has 0 saturated heterocycles. The Hall–Kier alpha value is -2.16. The number of carbonyl (C=O) groups is 1. The highest BCUT2D eigenvalue weighted by atomic mass is 35.5. The number of amides is 1. The highest BCUT2D eigenvalue weighted by molar-refractivity contribution is 7.89. The fourth-order valence-electron chi connectivity index (χ4n) is 2.62. The first kappa shape index (κ1) is 22.1. The molecule has 0 fully saturated rings. The van der Waals surface area contributed by atoms with Crippen LogP contribution in [0.25, 0.3) is 0 Å². The number of rotatable bonds is 8. The SMILES string of the molecule is CCOc1ccc(S(=O)(=O)N(CC)CC)cc1NC(=O)c1cc(Cl)ccc1F. The van der Waals surface area contributed by atoms with Gasteiger partial charge in [0.25, 0.3) is 5.91 Å². The molecule has 6 nitrogen and oxygen atoms in total. The van der Waals surface area contributed by atoms with Crippen LogP contribution in [-0.4, -0.2) is 38.3 Å². The molecule has 0 aromatic heterocycles. The van der Waals surface area contributed by atoms with Crippen molar-refractivity contribution in [2.24, 2.45) is 0 Å². The van der Waals surface area contributed by atoms with Crippen molar-refractivity contribution in [3.8, 4) is 5.75 Å². The van der Waals surface area contributed by atoms with Crippen molar-refractivity contribution >= 4 is 33.2 Å². The van der Waals surface area contributed by atoms with E-state index in [4.69, 9.17) is 16.3 Å². The van der Waals surface area contributed by atoms with Gasteiger partial charge in [-0.1, -0.05) is 25.4 Å². The van der Waals surface area contributed by atoms with Gasteiger partial charge in [0.2, 0.25) is 10.0 Å². The topological polar surface area (TPSA) is 75.7 Å². The first-order valence-electron chi connectivity index (χ1n) is 8.77. The summed E-state index contributed by atoms with van der Waals surface area (Å²) in [4.78, 5) is 12.5. The molecule has 2 aromatic carbocycles. The fourth-order valence-corrected chi connectivity index (χ4v) is 4.28. The Balaban J connectivity index is 2.46. The average molecular weight is 429 g/mol. The first-order chi connectivity index (χ1) is 13.2. The standard InChI is InChI=1S/C19H22ClFN2O4S/c1-4-23(5-2)28(25,26)14-8-10-18(27-6-3)17(12-14)22-19(24)15-11-13(20)7-9-16(15)21/h7-12H,4-6H2,1-3H3,(H,22,24). The molecule has 0 heterocycles. The molecule has 0 saturated carbocycles. The van der Waals surface area contributed by atoms with Gasteiger partial charge in [-0.25, -0.2) is 12.8 Å². The smallest absolute Gasteiger partial charge is 0.258 e. The summed E-state index contributed by atoms with van der Waals surface area (Å²) >= 11 is 5.84. The summed E-state index contributed by atoms with van der Waals surface area (Å²) in [5.41, 5.74) is -0.133. The zero-order chi connectivity index (χ0) is 20.9. The third-order valence-electron chi connectivity index (χ3n) is 4.02. The van der Waals surface area contributed by atoms with Gasteiger partial charge < -0.3 is 10.1 Å². The van der Waals surface area contributed by atoms with Crippen LogP contribution >= 0.6 is 11.6 Å². The van der Waals surface area contributed by atoms with Crippen molar-refractivity contribution in [2.75, 3.05) is 25.0 Å². The van der Waals surface area contributed by atoms with E-state index in [1.165, 1.54) is 34.6 Å². The number of hydrogen-bond donors (Lipinski definition) is 1. The van der Waals surface area contributed by atoms with Crippen LogP contribution in [0.3, 0.4) is 0 Å². The molecule has 0 spiro atoms. The van der Waals surface area contributed by atoms with E-state index in [0.717, 1.165) is 6.07 Å². The third kappa shape index (κ3) is 4.81. The summed E-state index contributed by atoms with van der Waals surface area (Å²) in [7, 11) is -3.74. The summed E-state index contributed by atoms with van der Waals surface area (Å²) in [5.74, 6) is -1.23. The highest BCUT2D eigenvalue weighted by Crippen LogP contribution is 2.30. The van der Waals surface area contributed by atoms with Gasteiger partial charge in [0.1, 0.15) is 11.6 Å². The molecule has 0 bridgehead atoms. The van der Waals surface area contributed by atoms with Crippen molar-refractivity contribution in [1.29, 1.82) is 0 Å². The fraction of sp³-hybridized carbons (Fsp3) is 0.316. The molecule has 0 unspecified atom stereocenters. The Morgan fingerprint density at radius 2 is 1.82 bits per heavy atom. The maximum atomic E-state index is 14.0. The quantitative estimate of drug-likeness (QED) is 0.685. The number of nitrogens with one attached hydrogen (secondary N) is 1. The lowest BCUT2D eigenvalue weighted by Gasteiger charge is -2.20. The second kappa shape index (κ2) is 9.36. The van der Waals surface area contributed by atoms with Gasteiger partial charge in [-0.05, 0) is 43.3 Å². The molecule has 1 amide bonds. The van der Waals surface area contributed by atoms with Gasteiger partial charge in [0.05, 0.1) is 22.8 Å². The Kier molecular flexibility index (Phi) is 7.40. The maximum Gasteiger partial charge on any atom is 0.258 e. The normalized spacial score (nSPS) is 11.5. The van der Waals surface area contributed by atoms with Crippen LogP contribution in [-0.2, 0) is 10.0 Å². The highest BCUT2D eigenvalue weighted by Gasteiger charge is 2.24. The van der Waals surface area contributed by atoms with Gasteiger partial charge in [0.15, 0.2) is 0 Å². The second-order valence-corrected chi connectivity index (χ2v) is 8.13. The van der Waals surface area contributed by atoms with E-state index >= 15 is 0 Å². The predicted molar refractivity (Wildman–Crippen MR) is 107 cm³/mol. The van der Waals surface area contributed by atoms with Gasteiger partial charge in [-0.3, -0.25) is 4.79 Å². The molecule has 2 aromatic rings. The number of sulfonamides is 1. The van der Waals surface area contributed by atoms with Gasteiger partial charge in [-0.2, -0.15) is 4.31 Å². The van der Waals surface area contributed by atoms with Crippen molar-refractivity contribution in [3.63, 3.8) is 0 Å². The minimum atomic E-state index is -3.74. The molecule has 1 N–H and O–H groups in total. The van der Waals surface area contributed by atoms with Gasteiger partial charge in [0, 0.05) is 18.1 Å². The van der Waals surface area contributed by atoms with E-state index < -0.39 is 21.7 Å². The number of carbonyl (C=O) groups excluding carboxylic acids is 1. The molecule has 28 heavy (non-hydrogen) atoms. The van der Waals surface area contributed by atoms with Crippen LogP contribution in [0.1, 0.15) is 31.1 Å². The second-order valence-electron chi connectivity index (χ2n) is 5.76. The molecule has 152 valence electrons. The molecule has 0 radical (unpaired) electrons. The van der Waals surface area contributed by atoms with E-state index in [1.807, 2.05) is 0 Å². The van der Waals surface area contributed by atoms with Gasteiger partial charge >= 0.3 is 0 Å². The summed E-state index contributed by atoms with van der Waals surface area (Å²) < 4.78 is 46.3. The average Bonchev–Trinajstić information content (AvgIpc) is 2.65. The Bertz CT molecular complexity index is 962. The summed E-state index contributed by atoms with van der Waals surface area (Å²) in [6.07, 6.45) is 0. The molecular weight excluding hydrogens is 407 g/mol. The molecule has 0 aliphatic heterocycles. The minimum Gasteiger partial charge on any atom is -0.492 e. The van der Waals surface area contributed by atoms with E-state index in [-0.39, 0.29) is 26.9 Å². The van der Waals surface area contributed by atoms with Crippen molar-refractivity contribution in [1.82, 2.24) is 4.31 Å².